The molecule has 1 aliphatic rings. The van der Waals surface area contributed by atoms with E-state index in [4.69, 9.17) is 21.7 Å². The molecule has 7 heteroatoms. The van der Waals surface area contributed by atoms with E-state index in [1.165, 1.54) is 12.0 Å². The maximum absolute atomic E-state index is 6.23. The minimum absolute atomic E-state index is 0.154. The lowest BCUT2D eigenvalue weighted by atomic mass is 9.98. The molecule has 4 heterocycles. The molecule has 1 aromatic carbocycles. The van der Waals surface area contributed by atoms with Crippen molar-refractivity contribution in [2.24, 2.45) is 0 Å². The molecule has 0 saturated carbocycles. The first-order valence-corrected chi connectivity index (χ1v) is 10.4. The van der Waals surface area contributed by atoms with E-state index in [1.54, 1.807) is 0 Å². The number of piperidine rings is 1. The van der Waals surface area contributed by atoms with Gasteiger partial charge in [0.25, 0.3) is 0 Å². The Labute approximate surface area is 174 Å². The lowest BCUT2D eigenvalue weighted by molar-refractivity contribution is 0.461. The van der Waals surface area contributed by atoms with Gasteiger partial charge in [-0.15, -0.1) is 0 Å². The Morgan fingerprint density at radius 1 is 1.03 bits per heavy atom. The maximum Gasteiger partial charge on any atom is 0.157 e. The molecule has 1 saturated heterocycles. The second-order valence-electron chi connectivity index (χ2n) is 7.86. The van der Waals surface area contributed by atoms with Crippen molar-refractivity contribution in [2.45, 2.75) is 46.1 Å². The van der Waals surface area contributed by atoms with E-state index < -0.39 is 0 Å². The van der Waals surface area contributed by atoms with Crippen LogP contribution in [-0.2, 0) is 0 Å². The molecule has 1 fully saturated rings. The van der Waals surface area contributed by atoms with Gasteiger partial charge in [0.15, 0.2) is 5.65 Å². The van der Waals surface area contributed by atoms with Gasteiger partial charge in [-0.05, 0) is 51.7 Å². The van der Waals surface area contributed by atoms with E-state index >= 15 is 0 Å². The summed E-state index contributed by atoms with van der Waals surface area (Å²) in [4.78, 5) is 16.4. The summed E-state index contributed by atoms with van der Waals surface area (Å²) in [6.07, 6.45) is 5.29. The highest BCUT2D eigenvalue weighted by Gasteiger charge is 2.29. The highest BCUT2D eigenvalue weighted by molar-refractivity contribution is 6.30. The van der Waals surface area contributed by atoms with Crippen LogP contribution in [0.5, 0.6) is 0 Å². The molecule has 0 N–H and O–H groups in total. The van der Waals surface area contributed by atoms with Crippen molar-refractivity contribution in [3.8, 4) is 0 Å². The minimum Gasteiger partial charge on any atom is -0.347 e. The number of aryl methyl sites for hydroxylation is 3. The van der Waals surface area contributed by atoms with Gasteiger partial charge >= 0.3 is 0 Å². The molecular weight excluding hydrogens is 384 g/mol. The smallest absolute Gasteiger partial charge is 0.157 e. The average Bonchev–Trinajstić information content (AvgIpc) is 3.10. The van der Waals surface area contributed by atoms with E-state index in [0.717, 1.165) is 58.8 Å². The lowest BCUT2D eigenvalue weighted by Gasteiger charge is -2.36. The Morgan fingerprint density at radius 2 is 1.90 bits per heavy atom. The number of nitrogens with zero attached hydrogens (tertiary/aromatic N) is 6. The molecule has 0 radical (unpaired) electrons. The highest BCUT2D eigenvalue weighted by atomic mass is 35.5. The van der Waals surface area contributed by atoms with Crippen LogP contribution in [-0.4, -0.2) is 31.1 Å². The highest BCUT2D eigenvalue weighted by Crippen LogP contribution is 2.38. The zero-order valence-electron chi connectivity index (χ0n) is 16.9. The van der Waals surface area contributed by atoms with Crippen LogP contribution in [0, 0.1) is 20.8 Å². The first-order chi connectivity index (χ1) is 14.0. The van der Waals surface area contributed by atoms with Gasteiger partial charge in [0.05, 0.1) is 17.3 Å². The van der Waals surface area contributed by atoms with Crippen molar-refractivity contribution in [2.75, 3.05) is 11.4 Å². The normalized spacial score (nSPS) is 17.4. The van der Waals surface area contributed by atoms with Crippen LogP contribution in [0.25, 0.3) is 16.6 Å². The Hall–Kier alpha value is -2.73. The number of halogens is 1. The van der Waals surface area contributed by atoms with Crippen molar-refractivity contribution in [3.05, 3.63) is 58.3 Å². The molecule has 0 bridgehead atoms. The van der Waals surface area contributed by atoms with Crippen LogP contribution in [0.4, 0.5) is 5.82 Å². The molecular formula is C22H23ClN6. The average molecular weight is 407 g/mol. The van der Waals surface area contributed by atoms with Crippen LogP contribution in [0.2, 0.25) is 5.15 Å². The van der Waals surface area contributed by atoms with Gasteiger partial charge in [0.1, 0.15) is 16.8 Å². The zero-order chi connectivity index (χ0) is 20.1. The molecule has 29 heavy (non-hydrogen) atoms. The molecule has 0 amide bonds. The fourth-order valence-corrected chi connectivity index (χ4v) is 4.45. The van der Waals surface area contributed by atoms with Gasteiger partial charge in [-0.1, -0.05) is 23.7 Å². The second kappa shape index (κ2) is 6.95. The number of rotatable bonds is 2. The summed E-state index contributed by atoms with van der Waals surface area (Å²) in [5, 5.41) is 6.51. The number of aromatic nitrogens is 5. The number of benzene rings is 1. The lowest BCUT2D eigenvalue weighted by Crippen LogP contribution is -2.34. The molecule has 0 spiro atoms. The van der Waals surface area contributed by atoms with Gasteiger partial charge in [-0.3, -0.25) is 0 Å². The molecule has 1 atom stereocenters. The molecule has 4 aromatic rings. The Morgan fingerprint density at radius 3 is 2.76 bits per heavy atom. The monoisotopic (exact) mass is 406 g/mol. The summed E-state index contributed by atoms with van der Waals surface area (Å²) in [7, 11) is 0. The topological polar surface area (TPSA) is 59.2 Å². The van der Waals surface area contributed by atoms with Crippen LogP contribution in [0.3, 0.4) is 0 Å². The van der Waals surface area contributed by atoms with Crippen molar-refractivity contribution in [1.82, 2.24) is 24.6 Å². The molecule has 1 unspecified atom stereocenters. The molecule has 1 aliphatic heterocycles. The van der Waals surface area contributed by atoms with E-state index in [0.29, 0.717) is 5.15 Å². The van der Waals surface area contributed by atoms with Crippen molar-refractivity contribution in [3.63, 3.8) is 0 Å². The molecule has 148 valence electrons. The molecule has 6 nitrogen and oxygen atoms in total. The fourth-order valence-electron chi connectivity index (χ4n) is 4.31. The zero-order valence-corrected chi connectivity index (χ0v) is 17.6. The standard InChI is InChI=1S/C22H23ClN6/c1-13-7-6-8-16-20(13)22(25-15(3)24-16)28-10-5-4-9-18(28)17-11-19-26-21(23)14(2)12-29(19)27-17/h6-8,11-12,18H,4-5,9-10H2,1-3H3. The maximum atomic E-state index is 6.23. The molecule has 3 aromatic heterocycles. The van der Waals surface area contributed by atoms with Gasteiger partial charge < -0.3 is 4.90 Å². The quantitative estimate of drug-likeness (QED) is 0.439. The summed E-state index contributed by atoms with van der Waals surface area (Å²) in [5.41, 5.74) is 4.90. The van der Waals surface area contributed by atoms with Crippen LogP contribution >= 0.6 is 11.6 Å². The summed E-state index contributed by atoms with van der Waals surface area (Å²) in [6.45, 7) is 6.99. The number of fused-ring (bicyclic) bond motifs is 2. The molecule has 5 rings (SSSR count). The van der Waals surface area contributed by atoms with Gasteiger partial charge in [-0.2, -0.15) is 5.10 Å². The molecule has 0 aliphatic carbocycles. The van der Waals surface area contributed by atoms with Gasteiger partial charge in [0, 0.05) is 29.8 Å². The minimum atomic E-state index is 0.154. The van der Waals surface area contributed by atoms with E-state index in [9.17, 15) is 0 Å². The van der Waals surface area contributed by atoms with Crippen molar-refractivity contribution < 1.29 is 0 Å². The Kier molecular flexibility index (Phi) is 4.39. The fraction of sp³-hybridized carbons (Fsp3) is 0.364. The third kappa shape index (κ3) is 3.12. The summed E-state index contributed by atoms with van der Waals surface area (Å²) in [6, 6.07) is 8.46. The van der Waals surface area contributed by atoms with Crippen molar-refractivity contribution in [1.29, 1.82) is 0 Å². The SMILES string of the molecule is Cc1nc(N2CCCCC2c2cc3nc(Cl)c(C)cn3n2)c2c(C)cccc2n1. The largest absolute Gasteiger partial charge is 0.347 e. The van der Waals surface area contributed by atoms with Crippen LogP contribution < -0.4 is 4.90 Å². The first-order valence-electron chi connectivity index (χ1n) is 10.0. The third-order valence-electron chi connectivity index (χ3n) is 5.73. The first kappa shape index (κ1) is 18.3. The number of hydrogen-bond acceptors (Lipinski definition) is 5. The summed E-state index contributed by atoms with van der Waals surface area (Å²) in [5.74, 6) is 1.80. The number of hydrogen-bond donors (Lipinski definition) is 0. The Balaban J connectivity index is 1.66. The van der Waals surface area contributed by atoms with Gasteiger partial charge in [-0.25, -0.2) is 19.5 Å². The number of anilines is 1. The van der Waals surface area contributed by atoms with E-state index in [1.807, 2.05) is 24.6 Å². The summed E-state index contributed by atoms with van der Waals surface area (Å²) < 4.78 is 1.83. The van der Waals surface area contributed by atoms with E-state index in [2.05, 4.69) is 46.1 Å². The van der Waals surface area contributed by atoms with Crippen LogP contribution in [0.1, 0.15) is 47.9 Å². The van der Waals surface area contributed by atoms with Gasteiger partial charge in [0.2, 0.25) is 0 Å². The van der Waals surface area contributed by atoms with E-state index in [-0.39, 0.29) is 6.04 Å². The van der Waals surface area contributed by atoms with Crippen molar-refractivity contribution >= 4 is 34.0 Å². The Bertz CT molecular complexity index is 1190. The van der Waals surface area contributed by atoms with Crippen LogP contribution in [0.15, 0.2) is 30.5 Å². The third-order valence-corrected chi connectivity index (χ3v) is 6.11. The second-order valence-corrected chi connectivity index (χ2v) is 8.21. The summed E-state index contributed by atoms with van der Waals surface area (Å²) >= 11 is 6.23. The predicted molar refractivity (Wildman–Crippen MR) is 116 cm³/mol. The predicted octanol–water partition coefficient (Wildman–Crippen LogP) is 4.98.